The van der Waals surface area contributed by atoms with Crippen LogP contribution >= 0.6 is 0 Å². The molecule has 3 aromatic heterocycles. The Morgan fingerprint density at radius 3 is 2.78 bits per heavy atom. The average molecular weight is 505 g/mol. The maximum atomic E-state index is 13.2. The van der Waals surface area contributed by atoms with E-state index in [-0.39, 0.29) is 18.5 Å². The minimum Gasteiger partial charge on any atom is -0.475 e. The Hall–Kier alpha value is -3.37. The topological polar surface area (TPSA) is 84.7 Å². The lowest BCUT2D eigenvalue weighted by molar-refractivity contribution is -0.136. The number of amides is 2. The molecule has 2 amide bonds. The second-order valence-corrected chi connectivity index (χ2v) is 9.02. The number of halogens is 3. The fraction of sp³-hybridized carbons (Fsp3) is 0.520. The number of alkyl halides is 3. The van der Waals surface area contributed by atoms with Gasteiger partial charge in [0.1, 0.15) is 5.69 Å². The minimum atomic E-state index is -4.27. The van der Waals surface area contributed by atoms with Crippen LogP contribution in [-0.4, -0.2) is 55.7 Å². The normalized spacial score (nSPS) is 20.0. The van der Waals surface area contributed by atoms with E-state index in [2.05, 4.69) is 20.3 Å². The molecule has 4 rings (SSSR count). The molecule has 1 aliphatic heterocycles. The molecule has 0 unspecified atom stereocenters. The van der Waals surface area contributed by atoms with Crippen molar-refractivity contribution in [2.75, 3.05) is 13.2 Å². The zero-order valence-corrected chi connectivity index (χ0v) is 20.5. The first-order valence-electron chi connectivity index (χ1n) is 12.3. The molecule has 0 fully saturated rings. The zero-order chi connectivity index (χ0) is 25.7. The lowest BCUT2D eigenvalue weighted by Gasteiger charge is -2.31. The number of urea groups is 1. The van der Waals surface area contributed by atoms with Crippen LogP contribution in [0.5, 0.6) is 5.88 Å². The summed E-state index contributed by atoms with van der Waals surface area (Å²) in [5, 5.41) is 2.86. The molecular weight excluding hydrogens is 473 g/mol. The summed E-state index contributed by atoms with van der Waals surface area (Å²) < 4.78 is 46.6. The zero-order valence-electron chi connectivity index (χ0n) is 20.5. The summed E-state index contributed by atoms with van der Waals surface area (Å²) in [5.74, 6) is 0.400. The summed E-state index contributed by atoms with van der Waals surface area (Å²) in [6.07, 6.45) is 4.21. The third kappa shape index (κ3) is 6.24. The molecule has 1 N–H and O–H groups in total. The van der Waals surface area contributed by atoms with Gasteiger partial charge in [0, 0.05) is 43.8 Å². The molecule has 8 nitrogen and oxygen atoms in total. The highest BCUT2D eigenvalue weighted by Crippen LogP contribution is 2.28. The molecule has 194 valence electrons. The number of rotatable bonds is 3. The van der Waals surface area contributed by atoms with Crippen LogP contribution in [0.4, 0.5) is 18.0 Å². The van der Waals surface area contributed by atoms with E-state index in [1.54, 1.807) is 17.3 Å². The van der Waals surface area contributed by atoms with E-state index in [9.17, 15) is 18.0 Å². The highest BCUT2D eigenvalue weighted by atomic mass is 19.4. The van der Waals surface area contributed by atoms with Crippen LogP contribution < -0.4 is 10.1 Å². The molecule has 36 heavy (non-hydrogen) atoms. The number of ether oxygens (including phenoxy) is 1. The van der Waals surface area contributed by atoms with Gasteiger partial charge in [-0.3, -0.25) is 4.98 Å². The molecule has 0 saturated carbocycles. The van der Waals surface area contributed by atoms with E-state index >= 15 is 0 Å². The number of fused-ring (bicyclic) bond motifs is 7. The van der Waals surface area contributed by atoms with E-state index in [1.807, 2.05) is 42.8 Å². The molecule has 11 heteroatoms. The Bertz CT molecular complexity index is 1180. The predicted octanol–water partition coefficient (Wildman–Crippen LogP) is 5.55. The van der Waals surface area contributed by atoms with Crippen molar-refractivity contribution < 1.29 is 22.7 Å². The van der Waals surface area contributed by atoms with Crippen molar-refractivity contribution >= 4 is 11.7 Å². The maximum absolute atomic E-state index is 13.2. The van der Waals surface area contributed by atoms with Gasteiger partial charge >= 0.3 is 12.2 Å². The SMILES string of the molecule is CCN1C(=O)N[C@@H](CCC(F)(F)F)CCCCCOc2nc(cn3ccnc23)-c2cc(ccn2)[C@H]1C. The minimum absolute atomic E-state index is 0.148. The molecule has 0 aliphatic carbocycles. The highest BCUT2D eigenvalue weighted by molar-refractivity contribution is 5.75. The van der Waals surface area contributed by atoms with Crippen molar-refractivity contribution in [3.63, 3.8) is 0 Å². The van der Waals surface area contributed by atoms with Gasteiger partial charge in [0.25, 0.3) is 5.88 Å². The Kier molecular flexibility index (Phi) is 7.95. The molecule has 4 heterocycles. The van der Waals surface area contributed by atoms with Gasteiger partial charge < -0.3 is 19.4 Å². The van der Waals surface area contributed by atoms with Crippen LogP contribution in [0.15, 0.2) is 36.9 Å². The number of imidazole rings is 1. The standard InChI is InChI=1S/C25H31F3N6O2/c1-3-34-17(2)18-9-11-29-20(15-18)21-16-33-13-12-30-22(33)23(32-21)36-14-6-4-5-7-19(31-24(34)35)8-10-25(26,27)28/h9,11-13,15-17,19H,3-8,10,14H2,1-2H3,(H,31,35)/t17-,19-/m1/s1. The van der Waals surface area contributed by atoms with Gasteiger partial charge in [0.05, 0.1) is 18.3 Å². The van der Waals surface area contributed by atoms with Gasteiger partial charge in [-0.05, 0) is 57.2 Å². The molecule has 0 radical (unpaired) electrons. The summed E-state index contributed by atoms with van der Waals surface area (Å²) in [6, 6.07) is 2.43. The van der Waals surface area contributed by atoms with Crippen molar-refractivity contribution in [1.29, 1.82) is 0 Å². The lowest BCUT2D eigenvalue weighted by atomic mass is 10.0. The number of carbonyl (C=O) groups is 1. The first-order chi connectivity index (χ1) is 17.2. The van der Waals surface area contributed by atoms with Crippen LogP contribution in [0, 0.1) is 0 Å². The highest BCUT2D eigenvalue weighted by Gasteiger charge is 2.30. The molecule has 4 bridgehead atoms. The Morgan fingerprint density at radius 1 is 1.17 bits per heavy atom. The van der Waals surface area contributed by atoms with Gasteiger partial charge in [-0.25, -0.2) is 14.8 Å². The largest absolute Gasteiger partial charge is 0.475 e. The summed E-state index contributed by atoms with van der Waals surface area (Å²) in [5.41, 5.74) is 2.65. The fourth-order valence-electron chi connectivity index (χ4n) is 4.47. The summed E-state index contributed by atoms with van der Waals surface area (Å²) in [7, 11) is 0. The number of hydrogen-bond acceptors (Lipinski definition) is 5. The van der Waals surface area contributed by atoms with Crippen LogP contribution in [0.1, 0.15) is 64.0 Å². The monoisotopic (exact) mass is 504 g/mol. The smallest absolute Gasteiger partial charge is 0.389 e. The third-order valence-corrected chi connectivity index (χ3v) is 6.48. The van der Waals surface area contributed by atoms with Crippen molar-refractivity contribution in [3.05, 3.63) is 42.5 Å². The number of nitrogens with one attached hydrogen (secondary N) is 1. The van der Waals surface area contributed by atoms with Gasteiger partial charge in [-0.15, -0.1) is 0 Å². The number of aromatic nitrogens is 4. The first-order valence-corrected chi connectivity index (χ1v) is 12.3. The first kappa shape index (κ1) is 25.7. The van der Waals surface area contributed by atoms with Crippen LogP contribution in [0.25, 0.3) is 17.0 Å². The van der Waals surface area contributed by atoms with Crippen LogP contribution in [0.3, 0.4) is 0 Å². The Balaban J connectivity index is 1.66. The third-order valence-electron chi connectivity index (χ3n) is 6.48. The van der Waals surface area contributed by atoms with E-state index in [4.69, 9.17) is 4.74 Å². The van der Waals surface area contributed by atoms with E-state index in [0.717, 1.165) is 12.0 Å². The predicted molar refractivity (Wildman–Crippen MR) is 129 cm³/mol. The molecule has 0 saturated heterocycles. The van der Waals surface area contributed by atoms with Crippen molar-refractivity contribution in [1.82, 2.24) is 29.6 Å². The van der Waals surface area contributed by atoms with Gasteiger partial charge in [0.15, 0.2) is 0 Å². The Morgan fingerprint density at radius 2 is 2.00 bits per heavy atom. The van der Waals surface area contributed by atoms with Gasteiger partial charge in [-0.2, -0.15) is 13.2 Å². The molecule has 2 atom stereocenters. The molecular formula is C25H31F3N6O2. The quantitative estimate of drug-likeness (QED) is 0.506. The number of carbonyl (C=O) groups excluding carboxylic acids is 1. The summed E-state index contributed by atoms with van der Waals surface area (Å²) in [6.45, 7) is 4.53. The molecule has 0 aromatic carbocycles. The van der Waals surface area contributed by atoms with Crippen molar-refractivity contribution in [3.8, 4) is 17.3 Å². The van der Waals surface area contributed by atoms with Gasteiger partial charge in [0.2, 0.25) is 5.65 Å². The van der Waals surface area contributed by atoms with E-state index in [0.29, 0.717) is 55.3 Å². The summed E-state index contributed by atoms with van der Waals surface area (Å²) in [4.78, 5) is 28.3. The lowest BCUT2D eigenvalue weighted by Crippen LogP contribution is -2.46. The number of nitrogens with zero attached hydrogens (tertiary/aromatic N) is 5. The number of hydrogen-bond donors (Lipinski definition) is 1. The maximum Gasteiger partial charge on any atom is 0.389 e. The van der Waals surface area contributed by atoms with Gasteiger partial charge in [-0.1, -0.05) is 6.42 Å². The Labute approximate surface area is 207 Å². The fourth-order valence-corrected chi connectivity index (χ4v) is 4.47. The second kappa shape index (κ2) is 11.1. The molecule has 3 aromatic rings. The van der Waals surface area contributed by atoms with Crippen molar-refractivity contribution in [2.45, 2.75) is 70.6 Å². The number of pyridine rings is 1. The molecule has 0 spiro atoms. The van der Waals surface area contributed by atoms with Crippen LogP contribution in [-0.2, 0) is 0 Å². The van der Waals surface area contributed by atoms with E-state index < -0.39 is 18.6 Å². The molecule has 1 aliphatic rings. The second-order valence-electron chi connectivity index (χ2n) is 9.02. The average Bonchev–Trinajstić information content (AvgIpc) is 3.33. The van der Waals surface area contributed by atoms with Crippen LogP contribution in [0.2, 0.25) is 0 Å². The van der Waals surface area contributed by atoms with E-state index in [1.165, 1.54) is 0 Å². The summed E-state index contributed by atoms with van der Waals surface area (Å²) >= 11 is 0. The van der Waals surface area contributed by atoms with Crippen molar-refractivity contribution in [2.24, 2.45) is 0 Å².